The molecule has 0 atom stereocenters. The average Bonchev–Trinajstić information content (AvgIpc) is 2.68. The Morgan fingerprint density at radius 3 is 2.48 bits per heavy atom. The van der Waals surface area contributed by atoms with Crippen LogP contribution in [0.2, 0.25) is 0 Å². The molecule has 142 valence electrons. The first-order valence-electron chi connectivity index (χ1n) is 8.25. The highest BCUT2D eigenvalue weighted by molar-refractivity contribution is 5.93. The molecule has 1 fully saturated rings. The Bertz CT molecular complexity index is 851. The number of carbonyl (C=O) groups excluding carboxylic acids is 1. The molecule has 27 heavy (non-hydrogen) atoms. The Hall–Kier alpha value is -3.07. The van der Waals surface area contributed by atoms with Gasteiger partial charge in [0.15, 0.2) is 17.3 Å². The maximum Gasteiger partial charge on any atom is 0.356 e. The molecule has 3 rings (SSSR count). The van der Waals surface area contributed by atoms with E-state index >= 15 is 0 Å². The van der Waals surface area contributed by atoms with Gasteiger partial charge in [-0.25, -0.2) is 19.2 Å². The van der Waals surface area contributed by atoms with Gasteiger partial charge in [-0.2, -0.15) is 0 Å². The van der Waals surface area contributed by atoms with Crippen LogP contribution in [0.3, 0.4) is 0 Å². The van der Waals surface area contributed by atoms with Crippen molar-refractivity contribution in [2.45, 2.75) is 18.4 Å². The molecule has 0 spiro atoms. The first kappa shape index (κ1) is 18.7. The average molecular weight is 375 g/mol. The molecular weight excluding hydrogens is 357 g/mol. The van der Waals surface area contributed by atoms with Gasteiger partial charge in [0.05, 0.1) is 25.0 Å². The van der Waals surface area contributed by atoms with E-state index in [1.807, 2.05) is 0 Å². The Labute approximate surface area is 154 Å². The SMILES string of the molecule is COc1cccc(C2(NC(=O)c3cnc(C(=O)O)cn3)CCOCC2)c1F. The second-order valence-corrected chi connectivity index (χ2v) is 6.06. The summed E-state index contributed by atoms with van der Waals surface area (Å²) in [5.74, 6) is -2.29. The lowest BCUT2D eigenvalue weighted by Crippen LogP contribution is -2.50. The summed E-state index contributed by atoms with van der Waals surface area (Å²) in [6.45, 7) is 0.696. The van der Waals surface area contributed by atoms with Crippen LogP contribution in [-0.2, 0) is 10.3 Å². The third-order valence-corrected chi connectivity index (χ3v) is 4.50. The Balaban J connectivity index is 1.93. The molecule has 1 aromatic carbocycles. The number of carboxylic acids is 1. The molecule has 2 N–H and O–H groups in total. The number of nitrogens with one attached hydrogen (secondary N) is 1. The van der Waals surface area contributed by atoms with Crippen molar-refractivity contribution >= 4 is 11.9 Å². The van der Waals surface area contributed by atoms with Crippen LogP contribution in [0.5, 0.6) is 5.75 Å². The molecule has 1 saturated heterocycles. The van der Waals surface area contributed by atoms with Crippen molar-refractivity contribution < 1.29 is 28.6 Å². The summed E-state index contributed by atoms with van der Waals surface area (Å²) in [6.07, 6.45) is 2.81. The Morgan fingerprint density at radius 1 is 1.22 bits per heavy atom. The molecule has 0 aliphatic carbocycles. The lowest BCUT2D eigenvalue weighted by Gasteiger charge is -2.38. The summed E-state index contributed by atoms with van der Waals surface area (Å²) in [4.78, 5) is 31.1. The number of aromatic carboxylic acids is 1. The minimum Gasteiger partial charge on any atom is -0.494 e. The third kappa shape index (κ3) is 3.72. The van der Waals surface area contributed by atoms with Crippen molar-refractivity contribution in [3.05, 3.63) is 53.4 Å². The number of nitrogens with zero attached hydrogens (tertiary/aromatic N) is 2. The van der Waals surface area contributed by atoms with Gasteiger partial charge in [-0.1, -0.05) is 12.1 Å². The van der Waals surface area contributed by atoms with Gasteiger partial charge in [-0.3, -0.25) is 4.79 Å². The van der Waals surface area contributed by atoms with Crippen molar-refractivity contribution in [3.63, 3.8) is 0 Å². The molecule has 2 heterocycles. The number of hydrogen-bond acceptors (Lipinski definition) is 6. The minimum absolute atomic E-state index is 0.0610. The normalized spacial score (nSPS) is 15.8. The zero-order chi connectivity index (χ0) is 19.4. The van der Waals surface area contributed by atoms with Gasteiger partial charge in [0.25, 0.3) is 5.91 Å². The lowest BCUT2D eigenvalue weighted by molar-refractivity contribution is 0.0330. The number of rotatable bonds is 5. The van der Waals surface area contributed by atoms with E-state index in [0.717, 1.165) is 12.4 Å². The first-order valence-corrected chi connectivity index (χ1v) is 8.25. The summed E-state index contributed by atoms with van der Waals surface area (Å²) in [7, 11) is 1.37. The van der Waals surface area contributed by atoms with Crippen molar-refractivity contribution in [1.29, 1.82) is 0 Å². The summed E-state index contributed by atoms with van der Waals surface area (Å²) >= 11 is 0. The summed E-state index contributed by atoms with van der Waals surface area (Å²) < 4.78 is 25.3. The molecule has 1 aliphatic rings. The number of carboxylic acid groups (broad SMARTS) is 1. The molecular formula is C18H18FN3O5. The number of ether oxygens (including phenoxy) is 2. The number of aromatic nitrogens is 2. The third-order valence-electron chi connectivity index (χ3n) is 4.50. The number of hydrogen-bond donors (Lipinski definition) is 2. The van der Waals surface area contributed by atoms with Crippen LogP contribution >= 0.6 is 0 Å². The van der Waals surface area contributed by atoms with E-state index < -0.39 is 23.2 Å². The molecule has 1 aromatic heterocycles. The molecule has 0 unspecified atom stereocenters. The molecule has 2 aromatic rings. The van der Waals surface area contributed by atoms with Crippen molar-refractivity contribution in [3.8, 4) is 5.75 Å². The molecule has 0 bridgehead atoms. The van der Waals surface area contributed by atoms with Gasteiger partial charge in [0.2, 0.25) is 0 Å². The molecule has 9 heteroatoms. The van der Waals surface area contributed by atoms with E-state index in [2.05, 4.69) is 15.3 Å². The predicted octanol–water partition coefficient (Wildman–Crippen LogP) is 1.76. The Kier molecular flexibility index (Phi) is 5.31. The molecule has 0 saturated carbocycles. The van der Waals surface area contributed by atoms with Crippen LogP contribution in [0, 0.1) is 5.82 Å². The van der Waals surface area contributed by atoms with Crippen molar-refractivity contribution in [2.24, 2.45) is 0 Å². The second kappa shape index (κ2) is 7.67. The van der Waals surface area contributed by atoms with Gasteiger partial charge < -0.3 is 19.9 Å². The van der Waals surface area contributed by atoms with Crippen LogP contribution in [0.25, 0.3) is 0 Å². The van der Waals surface area contributed by atoms with E-state index in [1.54, 1.807) is 12.1 Å². The standard InChI is InChI=1S/C18H18FN3O5/c1-26-14-4-2-3-11(15(14)19)18(5-7-27-8-6-18)22-16(23)12-9-21-13(10-20-12)17(24)25/h2-4,9-10H,5-8H2,1H3,(H,22,23)(H,24,25). The summed E-state index contributed by atoms with van der Waals surface area (Å²) in [6, 6.07) is 4.76. The fourth-order valence-electron chi connectivity index (χ4n) is 3.06. The number of methoxy groups -OCH3 is 1. The van der Waals surface area contributed by atoms with Gasteiger partial charge in [0.1, 0.15) is 5.69 Å². The lowest BCUT2D eigenvalue weighted by atomic mass is 9.82. The molecule has 1 aliphatic heterocycles. The van der Waals surface area contributed by atoms with E-state index in [-0.39, 0.29) is 17.1 Å². The van der Waals surface area contributed by atoms with Crippen molar-refractivity contribution in [2.75, 3.05) is 20.3 Å². The predicted molar refractivity (Wildman–Crippen MR) is 91.1 cm³/mol. The van der Waals surface area contributed by atoms with Gasteiger partial charge in [-0.15, -0.1) is 0 Å². The maximum absolute atomic E-state index is 14.9. The Morgan fingerprint density at radius 2 is 1.89 bits per heavy atom. The first-order chi connectivity index (χ1) is 13.0. The largest absolute Gasteiger partial charge is 0.494 e. The van der Waals surface area contributed by atoms with Crippen LogP contribution in [0.15, 0.2) is 30.6 Å². The fourth-order valence-corrected chi connectivity index (χ4v) is 3.06. The van der Waals surface area contributed by atoms with Gasteiger partial charge in [-0.05, 0) is 18.9 Å². The highest BCUT2D eigenvalue weighted by Gasteiger charge is 2.39. The fraction of sp³-hybridized carbons (Fsp3) is 0.333. The zero-order valence-corrected chi connectivity index (χ0v) is 14.6. The van der Waals surface area contributed by atoms with E-state index in [9.17, 15) is 14.0 Å². The topological polar surface area (TPSA) is 111 Å². The van der Waals surface area contributed by atoms with E-state index in [4.69, 9.17) is 14.6 Å². The highest BCUT2D eigenvalue weighted by Crippen LogP contribution is 2.36. The number of halogens is 1. The van der Waals surface area contributed by atoms with E-state index in [1.165, 1.54) is 13.2 Å². The van der Waals surface area contributed by atoms with Crippen LogP contribution < -0.4 is 10.1 Å². The molecule has 8 nitrogen and oxygen atoms in total. The van der Waals surface area contributed by atoms with Crippen molar-refractivity contribution in [1.82, 2.24) is 15.3 Å². The van der Waals surface area contributed by atoms with Crippen LogP contribution in [0.1, 0.15) is 39.4 Å². The molecule has 0 radical (unpaired) electrons. The van der Waals surface area contributed by atoms with Gasteiger partial charge >= 0.3 is 5.97 Å². The van der Waals surface area contributed by atoms with Crippen LogP contribution in [-0.4, -0.2) is 47.3 Å². The number of amides is 1. The van der Waals surface area contributed by atoms with Crippen LogP contribution in [0.4, 0.5) is 4.39 Å². The van der Waals surface area contributed by atoms with Gasteiger partial charge in [0, 0.05) is 18.8 Å². The summed E-state index contributed by atoms with van der Waals surface area (Å²) in [5.41, 5.74) is -1.03. The number of benzene rings is 1. The quantitative estimate of drug-likeness (QED) is 0.819. The minimum atomic E-state index is -1.24. The number of carbonyl (C=O) groups is 2. The maximum atomic E-state index is 14.9. The smallest absolute Gasteiger partial charge is 0.356 e. The monoisotopic (exact) mass is 375 g/mol. The summed E-state index contributed by atoms with van der Waals surface area (Å²) in [5, 5.41) is 11.7. The second-order valence-electron chi connectivity index (χ2n) is 6.06. The molecule has 1 amide bonds. The zero-order valence-electron chi connectivity index (χ0n) is 14.6. The van der Waals surface area contributed by atoms with E-state index in [0.29, 0.717) is 31.6 Å². The highest BCUT2D eigenvalue weighted by atomic mass is 19.1.